The molecule has 0 saturated heterocycles. The molecule has 0 bridgehead atoms. The van der Waals surface area contributed by atoms with Crippen molar-refractivity contribution in [1.82, 2.24) is 15.3 Å². The van der Waals surface area contributed by atoms with Crippen molar-refractivity contribution in [2.75, 3.05) is 30.6 Å². The van der Waals surface area contributed by atoms with Crippen molar-refractivity contribution in [1.29, 1.82) is 0 Å². The van der Waals surface area contributed by atoms with E-state index in [0.717, 1.165) is 49.4 Å². The van der Waals surface area contributed by atoms with Crippen LogP contribution in [0.4, 0.5) is 11.6 Å². The molecule has 162 valence electrons. The van der Waals surface area contributed by atoms with Gasteiger partial charge in [0.2, 0.25) is 0 Å². The minimum Gasteiger partial charge on any atom is -0.367 e. The normalized spacial score (nSPS) is 19.2. The van der Waals surface area contributed by atoms with E-state index >= 15 is 0 Å². The van der Waals surface area contributed by atoms with Crippen LogP contribution in [-0.2, 0) is 9.84 Å². The lowest BCUT2D eigenvalue weighted by Gasteiger charge is -2.30. The molecule has 1 heterocycles. The van der Waals surface area contributed by atoms with Gasteiger partial charge in [-0.1, -0.05) is 0 Å². The van der Waals surface area contributed by atoms with Crippen LogP contribution in [0.1, 0.15) is 41.9 Å². The van der Waals surface area contributed by atoms with Crippen LogP contribution >= 0.6 is 0 Å². The van der Waals surface area contributed by atoms with Gasteiger partial charge < -0.3 is 15.5 Å². The first kappa shape index (κ1) is 22.0. The number of anilines is 2. The van der Waals surface area contributed by atoms with Crippen molar-refractivity contribution in [3.8, 4) is 0 Å². The maximum Gasteiger partial charge on any atom is 0.251 e. The molecule has 0 spiro atoms. The number of amides is 1. The number of aryl methyl sites for hydroxylation is 1. The minimum atomic E-state index is -3.27. The maximum atomic E-state index is 12.5. The molecule has 1 aliphatic rings. The highest BCUT2D eigenvalue weighted by molar-refractivity contribution is 7.90. The van der Waals surface area contributed by atoms with Gasteiger partial charge in [0.1, 0.15) is 17.5 Å². The van der Waals surface area contributed by atoms with E-state index in [0.29, 0.717) is 11.6 Å². The summed E-state index contributed by atoms with van der Waals surface area (Å²) in [5.74, 6) is 2.25. The zero-order valence-electron chi connectivity index (χ0n) is 17.8. The van der Waals surface area contributed by atoms with E-state index in [1.54, 1.807) is 12.1 Å². The number of hydrogen-bond acceptors (Lipinski definition) is 7. The molecule has 0 aliphatic heterocycles. The molecule has 1 aromatic carbocycles. The Morgan fingerprint density at radius 2 is 1.63 bits per heavy atom. The summed E-state index contributed by atoms with van der Waals surface area (Å²) in [5.41, 5.74) is 0.468. The van der Waals surface area contributed by atoms with Crippen molar-refractivity contribution < 1.29 is 13.2 Å². The number of carbonyl (C=O) groups is 1. The first-order valence-electron chi connectivity index (χ1n) is 10.0. The predicted octanol–water partition coefficient (Wildman–Crippen LogP) is 2.41. The van der Waals surface area contributed by atoms with E-state index in [1.807, 2.05) is 32.0 Å². The smallest absolute Gasteiger partial charge is 0.251 e. The molecule has 1 fully saturated rings. The van der Waals surface area contributed by atoms with Crippen molar-refractivity contribution in [2.24, 2.45) is 0 Å². The number of benzene rings is 1. The van der Waals surface area contributed by atoms with Crippen molar-refractivity contribution in [3.63, 3.8) is 0 Å². The standard InChI is InChI=1S/C21H29N5O3S/c1-14-22-19(13-20(23-14)26(2)3)24-16-7-9-17(10-8-16)25-21(27)15-5-11-18(12-6-15)30(4,28)29/h5-6,11-13,16-17H,7-10H2,1-4H3,(H,25,27)(H,22,23,24). The number of nitrogens with zero attached hydrogens (tertiary/aromatic N) is 3. The third-order valence-corrected chi connectivity index (χ3v) is 6.37. The highest BCUT2D eigenvalue weighted by atomic mass is 32.2. The quantitative estimate of drug-likeness (QED) is 0.724. The summed E-state index contributed by atoms with van der Waals surface area (Å²) in [6.07, 6.45) is 4.75. The van der Waals surface area contributed by atoms with Gasteiger partial charge >= 0.3 is 0 Å². The number of sulfone groups is 1. The Balaban J connectivity index is 1.53. The largest absolute Gasteiger partial charge is 0.367 e. The average Bonchev–Trinajstić information content (AvgIpc) is 2.68. The van der Waals surface area contributed by atoms with E-state index in [1.165, 1.54) is 12.1 Å². The molecular weight excluding hydrogens is 402 g/mol. The first-order chi connectivity index (χ1) is 14.1. The third kappa shape index (κ3) is 5.69. The van der Waals surface area contributed by atoms with E-state index in [-0.39, 0.29) is 16.8 Å². The molecular formula is C21H29N5O3S. The van der Waals surface area contributed by atoms with E-state index < -0.39 is 9.84 Å². The summed E-state index contributed by atoms with van der Waals surface area (Å²) in [5, 5.41) is 6.56. The summed E-state index contributed by atoms with van der Waals surface area (Å²) in [6, 6.07) is 8.40. The minimum absolute atomic E-state index is 0.106. The van der Waals surface area contributed by atoms with Crippen LogP contribution in [0, 0.1) is 6.92 Å². The van der Waals surface area contributed by atoms with Gasteiger partial charge in [0.25, 0.3) is 5.91 Å². The Morgan fingerprint density at radius 1 is 1.03 bits per heavy atom. The van der Waals surface area contributed by atoms with Crippen LogP contribution in [0.15, 0.2) is 35.2 Å². The van der Waals surface area contributed by atoms with Crippen molar-refractivity contribution >= 4 is 27.4 Å². The molecule has 2 aromatic rings. The highest BCUT2D eigenvalue weighted by Crippen LogP contribution is 2.23. The van der Waals surface area contributed by atoms with Gasteiger partial charge in [-0.3, -0.25) is 4.79 Å². The molecule has 3 rings (SSSR count). The Kier molecular flexibility index (Phi) is 6.60. The fourth-order valence-electron chi connectivity index (χ4n) is 3.57. The van der Waals surface area contributed by atoms with Crippen molar-refractivity contribution in [3.05, 3.63) is 41.7 Å². The van der Waals surface area contributed by atoms with Crippen molar-refractivity contribution in [2.45, 2.75) is 49.6 Å². The number of rotatable bonds is 6. The third-order valence-electron chi connectivity index (χ3n) is 5.24. The molecule has 0 unspecified atom stereocenters. The highest BCUT2D eigenvalue weighted by Gasteiger charge is 2.23. The molecule has 1 aliphatic carbocycles. The molecule has 9 heteroatoms. The summed E-state index contributed by atoms with van der Waals surface area (Å²) in [7, 11) is 0.640. The Morgan fingerprint density at radius 3 is 2.20 bits per heavy atom. The molecule has 1 amide bonds. The zero-order chi connectivity index (χ0) is 21.9. The number of nitrogens with one attached hydrogen (secondary N) is 2. The van der Waals surface area contributed by atoms with Gasteiger partial charge in [-0.05, 0) is 56.9 Å². The average molecular weight is 432 g/mol. The van der Waals surface area contributed by atoms with Crippen LogP contribution in [-0.4, -0.2) is 56.7 Å². The van der Waals surface area contributed by atoms with Crippen LogP contribution in [0.5, 0.6) is 0 Å². The SMILES string of the molecule is Cc1nc(NC2CCC(NC(=O)c3ccc(S(C)(=O)=O)cc3)CC2)cc(N(C)C)n1. The second-order valence-electron chi connectivity index (χ2n) is 8.02. The second kappa shape index (κ2) is 8.99. The summed E-state index contributed by atoms with van der Waals surface area (Å²) in [6.45, 7) is 1.88. The molecule has 30 heavy (non-hydrogen) atoms. The van der Waals surface area contributed by atoms with Gasteiger partial charge in [-0.2, -0.15) is 0 Å². The van der Waals surface area contributed by atoms with Gasteiger partial charge in [0.05, 0.1) is 4.90 Å². The summed E-state index contributed by atoms with van der Waals surface area (Å²) >= 11 is 0. The Labute approximate surface area is 178 Å². The molecule has 0 radical (unpaired) electrons. The lowest BCUT2D eigenvalue weighted by Crippen LogP contribution is -2.40. The lowest BCUT2D eigenvalue weighted by molar-refractivity contribution is 0.0926. The summed E-state index contributed by atoms with van der Waals surface area (Å²) in [4.78, 5) is 23.5. The predicted molar refractivity (Wildman–Crippen MR) is 118 cm³/mol. The summed E-state index contributed by atoms with van der Waals surface area (Å²) < 4.78 is 23.1. The van der Waals surface area contributed by atoms with E-state index in [4.69, 9.17) is 0 Å². The molecule has 2 N–H and O–H groups in total. The zero-order valence-corrected chi connectivity index (χ0v) is 18.7. The topological polar surface area (TPSA) is 104 Å². The first-order valence-corrected chi connectivity index (χ1v) is 11.9. The number of carbonyl (C=O) groups excluding carboxylic acids is 1. The second-order valence-corrected chi connectivity index (χ2v) is 10.0. The Hall–Kier alpha value is -2.68. The molecule has 1 aromatic heterocycles. The van der Waals surface area contributed by atoms with Crippen LogP contribution in [0.25, 0.3) is 0 Å². The lowest BCUT2D eigenvalue weighted by atomic mass is 9.91. The monoisotopic (exact) mass is 431 g/mol. The van der Waals surface area contributed by atoms with Gasteiger partial charge in [-0.15, -0.1) is 0 Å². The van der Waals surface area contributed by atoms with Crippen LogP contribution < -0.4 is 15.5 Å². The van der Waals surface area contributed by atoms with Crippen LogP contribution in [0.2, 0.25) is 0 Å². The van der Waals surface area contributed by atoms with Gasteiger partial charge in [0.15, 0.2) is 9.84 Å². The number of hydrogen-bond donors (Lipinski definition) is 2. The molecule has 0 atom stereocenters. The van der Waals surface area contributed by atoms with E-state index in [2.05, 4.69) is 20.6 Å². The fourth-order valence-corrected chi connectivity index (χ4v) is 4.20. The Bertz CT molecular complexity index is 998. The number of aromatic nitrogens is 2. The molecule has 1 saturated carbocycles. The van der Waals surface area contributed by atoms with Gasteiger partial charge in [-0.25, -0.2) is 18.4 Å². The molecule has 8 nitrogen and oxygen atoms in total. The van der Waals surface area contributed by atoms with Crippen LogP contribution in [0.3, 0.4) is 0 Å². The van der Waals surface area contributed by atoms with Gasteiger partial charge in [0, 0.05) is 44.1 Å². The van der Waals surface area contributed by atoms with E-state index in [9.17, 15) is 13.2 Å². The maximum absolute atomic E-state index is 12.5. The fraction of sp³-hybridized carbons (Fsp3) is 0.476.